The number of aromatic nitrogens is 4. The zero-order valence-electron chi connectivity index (χ0n) is 31.3. The molecule has 1 saturated carbocycles. The van der Waals surface area contributed by atoms with E-state index < -0.39 is 17.8 Å². The maximum Gasteiger partial charge on any atom is 1.00 e. The SMILES string of the molecule is CCOc1cc(-c2cc(N(C)CC3(COC)CCCCC3)c3[nH]c(-c4ccc(N5CCN(CCC(=O)[O-])C[C@H]5C)cc4)nc3n2)cc(C(F)(F)F)n1.[Na+]. The number of aromatic amines is 1. The summed E-state index contributed by atoms with van der Waals surface area (Å²) in [5.74, 6) is -0.572. The molecule has 0 spiro atoms. The van der Waals surface area contributed by atoms with E-state index in [9.17, 15) is 23.1 Å². The number of fused-ring (bicyclic) bond motifs is 1. The van der Waals surface area contributed by atoms with Crippen molar-refractivity contribution in [2.75, 3.05) is 69.9 Å². The van der Waals surface area contributed by atoms with E-state index in [2.05, 4.69) is 31.6 Å². The summed E-state index contributed by atoms with van der Waals surface area (Å²) in [7, 11) is 3.73. The number of rotatable bonds is 13. The molecule has 1 aromatic carbocycles. The number of aliphatic carboxylic acids is 1. The maximum absolute atomic E-state index is 14.0. The molecular formula is C38H47F3N7NaO4. The third kappa shape index (κ3) is 9.63. The van der Waals surface area contributed by atoms with Crippen LogP contribution in [0.1, 0.15) is 58.1 Å². The van der Waals surface area contributed by atoms with Gasteiger partial charge in [-0.3, -0.25) is 4.90 Å². The molecule has 1 aliphatic heterocycles. The summed E-state index contributed by atoms with van der Waals surface area (Å²) < 4.78 is 53.1. The summed E-state index contributed by atoms with van der Waals surface area (Å²) in [5.41, 5.74) is 3.16. The number of carbonyl (C=O) groups is 1. The molecule has 2 fully saturated rings. The van der Waals surface area contributed by atoms with E-state index in [1.165, 1.54) is 12.5 Å². The molecule has 11 nitrogen and oxygen atoms in total. The van der Waals surface area contributed by atoms with Crippen LogP contribution in [-0.2, 0) is 15.7 Å². The first-order chi connectivity index (χ1) is 24.9. The summed E-state index contributed by atoms with van der Waals surface area (Å²) in [4.78, 5) is 34.4. The summed E-state index contributed by atoms with van der Waals surface area (Å²) in [6.07, 6.45) is 0.821. The van der Waals surface area contributed by atoms with Gasteiger partial charge in [-0.15, -0.1) is 0 Å². The average Bonchev–Trinajstić information content (AvgIpc) is 3.55. The van der Waals surface area contributed by atoms with Crippen molar-refractivity contribution in [3.05, 3.63) is 48.2 Å². The first kappa shape index (κ1) is 40.7. The van der Waals surface area contributed by atoms with Gasteiger partial charge in [0, 0.05) is 87.2 Å². The molecule has 0 unspecified atom stereocenters. The van der Waals surface area contributed by atoms with Crippen molar-refractivity contribution in [1.82, 2.24) is 24.8 Å². The molecule has 15 heteroatoms. The van der Waals surface area contributed by atoms with Crippen molar-refractivity contribution < 1.29 is 62.1 Å². The van der Waals surface area contributed by atoms with E-state index in [4.69, 9.17) is 19.4 Å². The number of halogens is 3. The van der Waals surface area contributed by atoms with Gasteiger partial charge in [0.05, 0.1) is 24.6 Å². The molecule has 3 aromatic heterocycles. The maximum atomic E-state index is 14.0. The largest absolute Gasteiger partial charge is 1.00 e. The topological polar surface area (TPSA) is 123 Å². The van der Waals surface area contributed by atoms with Crippen molar-refractivity contribution >= 4 is 28.5 Å². The molecule has 6 rings (SSSR count). The van der Waals surface area contributed by atoms with Crippen LogP contribution in [0.25, 0.3) is 33.8 Å². The first-order valence-corrected chi connectivity index (χ1v) is 18.0. The third-order valence-corrected chi connectivity index (χ3v) is 10.3. The number of piperazine rings is 1. The van der Waals surface area contributed by atoms with Gasteiger partial charge in [-0.25, -0.2) is 15.0 Å². The molecule has 1 aliphatic carbocycles. The smallest absolute Gasteiger partial charge is 0.550 e. The zero-order chi connectivity index (χ0) is 37.0. The van der Waals surface area contributed by atoms with Gasteiger partial charge in [-0.2, -0.15) is 13.2 Å². The number of nitrogens with zero attached hydrogens (tertiary/aromatic N) is 6. The van der Waals surface area contributed by atoms with E-state index in [1.807, 2.05) is 37.4 Å². The Morgan fingerprint density at radius 1 is 1.06 bits per heavy atom. The Morgan fingerprint density at radius 2 is 1.79 bits per heavy atom. The van der Waals surface area contributed by atoms with Crippen molar-refractivity contribution in [3.63, 3.8) is 0 Å². The van der Waals surface area contributed by atoms with E-state index in [1.54, 1.807) is 14.0 Å². The van der Waals surface area contributed by atoms with E-state index in [0.717, 1.165) is 68.3 Å². The number of nitrogens with one attached hydrogen (secondary N) is 1. The van der Waals surface area contributed by atoms with E-state index in [-0.39, 0.29) is 65.5 Å². The van der Waals surface area contributed by atoms with Crippen LogP contribution in [0.15, 0.2) is 42.5 Å². The molecule has 4 aromatic rings. The fourth-order valence-electron chi connectivity index (χ4n) is 7.80. The number of hydrogen-bond acceptors (Lipinski definition) is 10. The molecule has 53 heavy (non-hydrogen) atoms. The minimum atomic E-state index is -4.67. The van der Waals surface area contributed by atoms with Gasteiger partial charge in [0.25, 0.3) is 0 Å². The average molecular weight is 746 g/mol. The van der Waals surface area contributed by atoms with Gasteiger partial charge >= 0.3 is 35.7 Å². The van der Waals surface area contributed by atoms with Crippen LogP contribution in [0.4, 0.5) is 24.5 Å². The van der Waals surface area contributed by atoms with Crippen LogP contribution < -0.4 is 49.2 Å². The van der Waals surface area contributed by atoms with Crippen LogP contribution in [0, 0.1) is 5.41 Å². The number of H-pyrrole nitrogens is 1. The Morgan fingerprint density at radius 3 is 2.43 bits per heavy atom. The second-order valence-electron chi connectivity index (χ2n) is 14.2. The van der Waals surface area contributed by atoms with Gasteiger partial charge < -0.3 is 34.2 Å². The second kappa shape index (κ2) is 17.4. The van der Waals surface area contributed by atoms with Gasteiger partial charge in [0.15, 0.2) is 5.65 Å². The number of anilines is 2. The van der Waals surface area contributed by atoms with Gasteiger partial charge in [-0.05, 0) is 69.5 Å². The fourth-order valence-corrected chi connectivity index (χ4v) is 7.80. The number of carboxylic acid groups (broad SMARTS) is 1. The Balaban J connectivity index is 0.00000541. The van der Waals surface area contributed by atoms with Crippen LogP contribution in [0.3, 0.4) is 0 Å². The van der Waals surface area contributed by atoms with Crippen LogP contribution in [-0.4, -0.2) is 96.9 Å². The number of methoxy groups -OCH3 is 1. The molecule has 0 bridgehead atoms. The van der Waals surface area contributed by atoms with Gasteiger partial charge in [0.2, 0.25) is 5.88 Å². The monoisotopic (exact) mass is 745 g/mol. The summed E-state index contributed by atoms with van der Waals surface area (Å²) in [6, 6.07) is 12.6. The van der Waals surface area contributed by atoms with Crippen molar-refractivity contribution in [2.45, 2.75) is 64.6 Å². The second-order valence-corrected chi connectivity index (χ2v) is 14.2. The van der Waals surface area contributed by atoms with Gasteiger partial charge in [0.1, 0.15) is 17.0 Å². The molecule has 4 heterocycles. The number of carbonyl (C=O) groups excluding carboxylic acids is 1. The number of pyridine rings is 2. The number of ether oxygens (including phenoxy) is 2. The predicted molar refractivity (Wildman–Crippen MR) is 192 cm³/mol. The molecule has 2 aliphatic rings. The molecule has 280 valence electrons. The van der Waals surface area contributed by atoms with Crippen molar-refractivity contribution in [1.29, 1.82) is 0 Å². The Bertz CT molecular complexity index is 1840. The normalized spacial score (nSPS) is 17.8. The van der Waals surface area contributed by atoms with E-state index in [0.29, 0.717) is 42.4 Å². The fraction of sp³-hybridized carbons (Fsp3) is 0.526. The number of benzene rings is 1. The number of imidazole rings is 1. The Hall–Kier alpha value is -3.43. The third-order valence-electron chi connectivity index (χ3n) is 10.3. The molecule has 1 N–H and O–H groups in total. The number of hydrogen-bond donors (Lipinski definition) is 1. The van der Waals surface area contributed by atoms with Crippen LogP contribution in [0.2, 0.25) is 0 Å². The van der Waals surface area contributed by atoms with Gasteiger partial charge in [-0.1, -0.05) is 19.3 Å². The predicted octanol–water partition coefficient (Wildman–Crippen LogP) is 2.79. The first-order valence-electron chi connectivity index (χ1n) is 18.0. The summed E-state index contributed by atoms with van der Waals surface area (Å²) in [6.45, 7) is 8.04. The minimum absolute atomic E-state index is 0. The molecule has 0 radical (unpaired) electrons. The Kier molecular flexibility index (Phi) is 13.3. The van der Waals surface area contributed by atoms with E-state index >= 15 is 0 Å². The number of carboxylic acids is 1. The van der Waals surface area contributed by atoms with Crippen molar-refractivity contribution in [3.8, 4) is 28.5 Å². The summed E-state index contributed by atoms with van der Waals surface area (Å²) >= 11 is 0. The number of alkyl halides is 3. The quantitative estimate of drug-likeness (QED) is 0.205. The minimum Gasteiger partial charge on any atom is -0.550 e. The van der Waals surface area contributed by atoms with Crippen LogP contribution in [0.5, 0.6) is 5.88 Å². The summed E-state index contributed by atoms with van der Waals surface area (Å²) in [5, 5.41) is 10.9. The standard InChI is InChI=1S/C38H48F3N7O4.Na/c1-5-52-32-20-27(19-31(43-32)38(39,40)41)29-21-30(46(3)23-37(24-51-4)14-7-6-8-15-37)34-36(42-29)45-35(44-34)26-9-11-28(12-10-26)48-18-17-47(22-25(48)2)16-13-33(49)50;/h9-12,19-21,25H,5-8,13-18,22-24H2,1-4H3,(H,49,50)(H,42,44,45);/q;+1/p-1/t25-;/m1./s1. The Labute approximate surface area is 330 Å². The van der Waals surface area contributed by atoms with Crippen molar-refractivity contribution in [2.24, 2.45) is 5.41 Å². The zero-order valence-corrected chi connectivity index (χ0v) is 33.3. The molecule has 0 amide bonds. The molecule has 1 atom stereocenters. The molecule has 1 saturated heterocycles. The molecular weight excluding hydrogens is 698 g/mol. The van der Waals surface area contributed by atoms with Crippen LogP contribution >= 0.6 is 0 Å².